The number of aliphatic carboxylic acids is 1. The number of carbonyl (C=O) groups is 2. The van der Waals surface area contributed by atoms with Crippen LogP contribution < -0.4 is 5.32 Å². The van der Waals surface area contributed by atoms with E-state index >= 15 is 0 Å². The number of carbonyl (C=O) groups excluding carboxylic acids is 1. The van der Waals surface area contributed by atoms with Gasteiger partial charge in [0.05, 0.1) is 0 Å². The highest BCUT2D eigenvalue weighted by Gasteiger charge is 2.33. The zero-order valence-corrected chi connectivity index (χ0v) is 11.5. The van der Waals surface area contributed by atoms with Crippen LogP contribution in [0.1, 0.15) is 32.3 Å². The molecule has 0 saturated heterocycles. The van der Waals surface area contributed by atoms with Crippen molar-refractivity contribution >= 4 is 18.0 Å². The van der Waals surface area contributed by atoms with Crippen molar-refractivity contribution in [1.82, 2.24) is 5.32 Å². The molecule has 1 aromatic carbocycles. The van der Waals surface area contributed by atoms with Crippen LogP contribution in [0, 0.1) is 5.82 Å². The van der Waals surface area contributed by atoms with Crippen LogP contribution in [0.2, 0.25) is 0 Å². The maximum Gasteiger partial charge on any atom is 0.329 e. The number of hydrogen-bond donors (Lipinski definition) is 2. The Hall–Kier alpha value is -2.17. The van der Waals surface area contributed by atoms with Gasteiger partial charge in [0.15, 0.2) is 0 Å². The van der Waals surface area contributed by atoms with Crippen molar-refractivity contribution in [2.24, 2.45) is 0 Å². The van der Waals surface area contributed by atoms with Crippen molar-refractivity contribution in [3.05, 3.63) is 41.7 Å². The fourth-order valence-corrected chi connectivity index (χ4v) is 1.78. The molecule has 108 valence electrons. The Labute approximate surface area is 117 Å². The van der Waals surface area contributed by atoms with Crippen LogP contribution in [0.4, 0.5) is 4.39 Å². The molecule has 2 N–H and O–H groups in total. The second-order valence-electron chi connectivity index (χ2n) is 4.76. The van der Waals surface area contributed by atoms with E-state index in [1.807, 2.05) is 6.92 Å². The summed E-state index contributed by atoms with van der Waals surface area (Å²) in [4.78, 5) is 22.9. The number of amides is 1. The highest BCUT2D eigenvalue weighted by molar-refractivity contribution is 5.95. The lowest BCUT2D eigenvalue weighted by Gasteiger charge is -2.24. The number of carboxylic acids is 1. The molecule has 5 heteroatoms. The van der Waals surface area contributed by atoms with Crippen molar-refractivity contribution in [3.8, 4) is 0 Å². The van der Waals surface area contributed by atoms with Gasteiger partial charge in [0.1, 0.15) is 11.4 Å². The third-order valence-electron chi connectivity index (χ3n) is 2.92. The Kier molecular flexibility index (Phi) is 5.43. The lowest BCUT2D eigenvalue weighted by atomic mass is 9.96. The third-order valence-corrected chi connectivity index (χ3v) is 2.92. The van der Waals surface area contributed by atoms with Gasteiger partial charge in [-0.15, -0.1) is 0 Å². The van der Waals surface area contributed by atoms with Gasteiger partial charge in [-0.2, -0.15) is 0 Å². The molecule has 0 aliphatic heterocycles. The predicted molar refractivity (Wildman–Crippen MR) is 74.5 cm³/mol. The summed E-state index contributed by atoms with van der Waals surface area (Å²) < 4.78 is 12.7. The van der Waals surface area contributed by atoms with Gasteiger partial charge in [-0.05, 0) is 37.1 Å². The summed E-state index contributed by atoms with van der Waals surface area (Å²) in [5, 5.41) is 11.6. The SMILES string of the molecule is CCCC(C)(NC(=O)/C=C/c1ccc(F)cc1)C(=O)O. The van der Waals surface area contributed by atoms with Gasteiger partial charge in [-0.1, -0.05) is 25.5 Å². The molecule has 0 radical (unpaired) electrons. The lowest BCUT2D eigenvalue weighted by molar-refractivity contribution is -0.146. The lowest BCUT2D eigenvalue weighted by Crippen LogP contribution is -2.51. The molecular formula is C15H18FNO3. The molecule has 0 aromatic heterocycles. The predicted octanol–water partition coefficient (Wildman–Crippen LogP) is 2.60. The van der Waals surface area contributed by atoms with Crippen LogP contribution in [-0.2, 0) is 9.59 Å². The van der Waals surface area contributed by atoms with Gasteiger partial charge >= 0.3 is 5.97 Å². The first-order chi connectivity index (χ1) is 9.37. The van der Waals surface area contributed by atoms with Gasteiger partial charge < -0.3 is 10.4 Å². The number of benzene rings is 1. The maximum atomic E-state index is 12.7. The number of carboxylic acid groups (broad SMARTS) is 1. The van der Waals surface area contributed by atoms with Crippen molar-refractivity contribution in [3.63, 3.8) is 0 Å². The van der Waals surface area contributed by atoms with Crippen LogP contribution >= 0.6 is 0 Å². The van der Waals surface area contributed by atoms with E-state index in [9.17, 15) is 14.0 Å². The van der Waals surface area contributed by atoms with Crippen LogP contribution in [-0.4, -0.2) is 22.5 Å². The molecule has 1 amide bonds. The molecule has 0 spiro atoms. The number of halogens is 1. The summed E-state index contributed by atoms with van der Waals surface area (Å²) in [7, 11) is 0. The van der Waals surface area contributed by atoms with Gasteiger partial charge in [0.25, 0.3) is 0 Å². The van der Waals surface area contributed by atoms with E-state index in [4.69, 9.17) is 5.11 Å². The first-order valence-corrected chi connectivity index (χ1v) is 6.36. The number of nitrogens with one attached hydrogen (secondary N) is 1. The molecule has 20 heavy (non-hydrogen) atoms. The smallest absolute Gasteiger partial charge is 0.329 e. The fourth-order valence-electron chi connectivity index (χ4n) is 1.78. The fraction of sp³-hybridized carbons (Fsp3) is 0.333. The summed E-state index contributed by atoms with van der Waals surface area (Å²) in [6, 6.07) is 5.63. The first kappa shape index (κ1) is 15.9. The van der Waals surface area contributed by atoms with Crippen LogP contribution in [0.15, 0.2) is 30.3 Å². The molecule has 0 heterocycles. The monoisotopic (exact) mass is 279 g/mol. The van der Waals surface area contributed by atoms with Crippen molar-refractivity contribution in [2.75, 3.05) is 0 Å². The maximum absolute atomic E-state index is 12.7. The van der Waals surface area contributed by atoms with E-state index in [-0.39, 0.29) is 5.82 Å². The minimum absolute atomic E-state index is 0.346. The molecule has 0 saturated carbocycles. The van der Waals surface area contributed by atoms with Gasteiger partial charge in [0.2, 0.25) is 5.91 Å². The number of hydrogen-bond acceptors (Lipinski definition) is 2. The Balaban J connectivity index is 2.71. The molecule has 1 rings (SSSR count). The van der Waals surface area contributed by atoms with Crippen LogP contribution in [0.5, 0.6) is 0 Å². The molecule has 1 unspecified atom stereocenters. The Bertz CT molecular complexity index is 510. The molecular weight excluding hydrogens is 261 g/mol. The molecule has 0 aliphatic rings. The van der Waals surface area contributed by atoms with Crippen LogP contribution in [0.25, 0.3) is 6.08 Å². The van der Waals surface area contributed by atoms with Gasteiger partial charge in [-0.25, -0.2) is 9.18 Å². The van der Waals surface area contributed by atoms with Crippen molar-refractivity contribution in [2.45, 2.75) is 32.2 Å². The van der Waals surface area contributed by atoms with Crippen molar-refractivity contribution < 1.29 is 19.1 Å². The standard InChI is InChI=1S/C15H18FNO3/c1-3-10-15(2,14(19)20)17-13(18)9-6-11-4-7-12(16)8-5-11/h4-9H,3,10H2,1-2H3,(H,17,18)(H,19,20)/b9-6+. The normalized spacial score (nSPS) is 13.9. The Morgan fingerprint density at radius 2 is 1.95 bits per heavy atom. The van der Waals surface area contributed by atoms with Crippen molar-refractivity contribution in [1.29, 1.82) is 0 Å². The average molecular weight is 279 g/mol. The highest BCUT2D eigenvalue weighted by atomic mass is 19.1. The van der Waals surface area contributed by atoms with E-state index < -0.39 is 17.4 Å². The zero-order valence-electron chi connectivity index (χ0n) is 11.5. The molecule has 4 nitrogen and oxygen atoms in total. The molecule has 0 fully saturated rings. The Morgan fingerprint density at radius 1 is 1.35 bits per heavy atom. The van der Waals surface area contributed by atoms with E-state index in [1.54, 1.807) is 0 Å². The largest absolute Gasteiger partial charge is 0.480 e. The van der Waals surface area contributed by atoms with E-state index in [1.165, 1.54) is 43.3 Å². The summed E-state index contributed by atoms with van der Waals surface area (Å²) in [5.74, 6) is -1.91. The van der Waals surface area contributed by atoms with Gasteiger partial charge in [-0.3, -0.25) is 4.79 Å². The summed E-state index contributed by atoms with van der Waals surface area (Å²) in [6.45, 7) is 3.32. The minimum atomic E-state index is -1.28. The van der Waals surface area contributed by atoms with Crippen LogP contribution in [0.3, 0.4) is 0 Å². The second-order valence-corrected chi connectivity index (χ2v) is 4.76. The molecule has 0 bridgehead atoms. The molecule has 0 aliphatic carbocycles. The summed E-state index contributed by atoms with van der Waals surface area (Å²) in [5.41, 5.74) is -0.618. The van der Waals surface area contributed by atoms with E-state index in [0.29, 0.717) is 18.4 Å². The minimum Gasteiger partial charge on any atom is -0.480 e. The first-order valence-electron chi connectivity index (χ1n) is 6.36. The molecule has 1 aromatic rings. The zero-order chi connectivity index (χ0) is 15.2. The van der Waals surface area contributed by atoms with E-state index in [2.05, 4.69) is 5.32 Å². The summed E-state index contributed by atoms with van der Waals surface area (Å²) >= 11 is 0. The highest BCUT2D eigenvalue weighted by Crippen LogP contribution is 2.13. The topological polar surface area (TPSA) is 66.4 Å². The quantitative estimate of drug-likeness (QED) is 0.787. The molecule has 1 atom stereocenters. The number of rotatable bonds is 6. The Morgan fingerprint density at radius 3 is 2.45 bits per heavy atom. The average Bonchev–Trinajstić information content (AvgIpc) is 2.38. The van der Waals surface area contributed by atoms with E-state index in [0.717, 1.165) is 0 Å². The third kappa shape index (κ3) is 4.50. The summed E-state index contributed by atoms with van der Waals surface area (Å²) in [6.07, 6.45) is 3.73. The second kappa shape index (κ2) is 6.84. The van der Waals surface area contributed by atoms with Gasteiger partial charge in [0, 0.05) is 6.08 Å².